The first-order chi connectivity index (χ1) is 4.29. The lowest BCUT2D eigenvalue weighted by atomic mass is 10.7. The molecule has 1 aliphatic rings. The van der Waals surface area contributed by atoms with Crippen molar-refractivity contribution in [3.63, 3.8) is 0 Å². The van der Waals surface area contributed by atoms with Crippen LogP contribution in [0.15, 0.2) is 0 Å². The van der Waals surface area contributed by atoms with Gasteiger partial charge in [0.2, 0.25) is 5.91 Å². The molecule has 1 saturated heterocycles. The van der Waals surface area contributed by atoms with Crippen molar-refractivity contribution in [2.45, 2.75) is 13.3 Å². The van der Waals surface area contributed by atoms with Gasteiger partial charge in [0.05, 0.1) is 6.61 Å². The van der Waals surface area contributed by atoms with E-state index >= 15 is 0 Å². The Balaban J connectivity index is 2.19. The second-order valence-corrected chi connectivity index (χ2v) is 1.91. The third-order valence-corrected chi connectivity index (χ3v) is 1.05. The Bertz CT molecular complexity index is 110. The van der Waals surface area contributed by atoms with E-state index in [4.69, 9.17) is 4.74 Å². The fourth-order valence-corrected chi connectivity index (χ4v) is 0.703. The molecule has 1 atom stereocenters. The summed E-state index contributed by atoms with van der Waals surface area (Å²) >= 11 is 0. The molecule has 1 fully saturated rings. The van der Waals surface area contributed by atoms with Crippen LogP contribution in [0.3, 0.4) is 0 Å². The molecule has 0 spiro atoms. The number of amides is 1. The first kappa shape index (κ1) is 6.51. The van der Waals surface area contributed by atoms with Gasteiger partial charge < -0.3 is 10.1 Å². The molecule has 1 heterocycles. The van der Waals surface area contributed by atoms with E-state index in [9.17, 15) is 4.79 Å². The molecule has 0 radical (unpaired) electrons. The Kier molecular flexibility index (Phi) is 2.02. The molecule has 1 rings (SSSR count). The Morgan fingerprint density at radius 2 is 2.67 bits per heavy atom. The van der Waals surface area contributed by atoms with Crippen LogP contribution in [-0.2, 0) is 9.53 Å². The van der Waals surface area contributed by atoms with E-state index in [1.165, 1.54) is 6.92 Å². The lowest BCUT2D eigenvalue weighted by Gasteiger charge is -2.08. The predicted molar refractivity (Wildman–Crippen MR) is 31.6 cm³/mol. The molecule has 52 valence electrons. The predicted octanol–water partition coefficient (Wildman–Crippen LogP) is -0.974. The Morgan fingerprint density at radius 3 is 3.11 bits per heavy atom. The molecule has 1 aliphatic heterocycles. The number of hydrogen-bond donors (Lipinski definition) is 2. The number of hydrogen-bond acceptors (Lipinski definition) is 3. The summed E-state index contributed by atoms with van der Waals surface area (Å²) < 4.78 is 5.02. The number of rotatable bonds is 1. The third-order valence-electron chi connectivity index (χ3n) is 1.05. The summed E-state index contributed by atoms with van der Waals surface area (Å²) in [5, 5.41) is 5.50. The fourth-order valence-electron chi connectivity index (χ4n) is 0.703. The van der Waals surface area contributed by atoms with Gasteiger partial charge in [-0.2, -0.15) is 0 Å². The van der Waals surface area contributed by atoms with E-state index in [-0.39, 0.29) is 12.3 Å². The highest BCUT2D eigenvalue weighted by Gasteiger charge is 2.13. The zero-order valence-electron chi connectivity index (χ0n) is 5.31. The molecule has 0 aromatic carbocycles. The minimum atomic E-state index is -0.262. The summed E-state index contributed by atoms with van der Waals surface area (Å²) in [6, 6.07) is 0. The van der Waals surface area contributed by atoms with E-state index < -0.39 is 0 Å². The average molecular weight is 130 g/mol. The third kappa shape index (κ3) is 1.99. The maximum Gasteiger partial charge on any atom is 0.219 e. The Labute approximate surface area is 53.6 Å². The van der Waals surface area contributed by atoms with Crippen molar-refractivity contribution in [2.24, 2.45) is 0 Å². The van der Waals surface area contributed by atoms with Gasteiger partial charge in [-0.15, -0.1) is 0 Å². The Hall–Kier alpha value is -0.610. The van der Waals surface area contributed by atoms with E-state index in [0.29, 0.717) is 6.61 Å². The molecule has 4 heteroatoms. The molecule has 4 nitrogen and oxygen atoms in total. The van der Waals surface area contributed by atoms with Gasteiger partial charge in [0.15, 0.2) is 6.35 Å². The van der Waals surface area contributed by atoms with Crippen molar-refractivity contribution in [3.05, 3.63) is 0 Å². The van der Waals surface area contributed by atoms with Crippen LogP contribution in [0, 0.1) is 0 Å². The van der Waals surface area contributed by atoms with Crippen LogP contribution < -0.4 is 10.6 Å². The molecule has 1 unspecified atom stereocenters. The smallest absolute Gasteiger partial charge is 0.219 e. The van der Waals surface area contributed by atoms with Crippen molar-refractivity contribution in [1.29, 1.82) is 0 Å². The van der Waals surface area contributed by atoms with Crippen LogP contribution in [0.5, 0.6) is 0 Å². The van der Waals surface area contributed by atoms with Gasteiger partial charge in [0.25, 0.3) is 0 Å². The van der Waals surface area contributed by atoms with E-state index in [1.54, 1.807) is 0 Å². The van der Waals surface area contributed by atoms with Gasteiger partial charge in [0, 0.05) is 13.5 Å². The van der Waals surface area contributed by atoms with Crippen LogP contribution in [0.2, 0.25) is 0 Å². The van der Waals surface area contributed by atoms with Crippen LogP contribution >= 0.6 is 0 Å². The van der Waals surface area contributed by atoms with Gasteiger partial charge in [-0.1, -0.05) is 0 Å². The number of carbonyl (C=O) groups is 1. The van der Waals surface area contributed by atoms with Crippen LogP contribution in [0.1, 0.15) is 6.92 Å². The van der Waals surface area contributed by atoms with Crippen LogP contribution in [0.4, 0.5) is 0 Å². The SMILES string of the molecule is CC(=O)NC1NCCO1. The molecular weight excluding hydrogens is 120 g/mol. The molecule has 0 bridgehead atoms. The summed E-state index contributed by atoms with van der Waals surface area (Å²) in [5.74, 6) is -0.0746. The average Bonchev–Trinajstić information content (AvgIpc) is 2.15. The van der Waals surface area contributed by atoms with E-state index in [2.05, 4.69) is 10.6 Å². The molecule has 0 aromatic rings. The second-order valence-electron chi connectivity index (χ2n) is 1.91. The van der Waals surface area contributed by atoms with Gasteiger partial charge >= 0.3 is 0 Å². The van der Waals surface area contributed by atoms with Crippen LogP contribution in [-0.4, -0.2) is 25.4 Å². The van der Waals surface area contributed by atoms with Crippen molar-refractivity contribution in [1.82, 2.24) is 10.6 Å². The van der Waals surface area contributed by atoms with E-state index in [1.807, 2.05) is 0 Å². The number of nitrogens with one attached hydrogen (secondary N) is 2. The molecule has 1 amide bonds. The van der Waals surface area contributed by atoms with Crippen molar-refractivity contribution < 1.29 is 9.53 Å². The molecule has 0 aromatic heterocycles. The number of ether oxygens (including phenoxy) is 1. The van der Waals surface area contributed by atoms with Crippen molar-refractivity contribution in [3.8, 4) is 0 Å². The zero-order chi connectivity index (χ0) is 6.69. The normalized spacial score (nSPS) is 26.1. The summed E-state index contributed by atoms with van der Waals surface area (Å²) in [6.45, 7) is 2.94. The van der Waals surface area contributed by atoms with Gasteiger partial charge in [-0.05, 0) is 0 Å². The van der Waals surface area contributed by atoms with Gasteiger partial charge in [-0.3, -0.25) is 10.1 Å². The minimum absolute atomic E-state index is 0.0746. The molecule has 2 N–H and O–H groups in total. The fraction of sp³-hybridized carbons (Fsp3) is 0.800. The Morgan fingerprint density at radius 1 is 1.89 bits per heavy atom. The first-order valence-electron chi connectivity index (χ1n) is 2.91. The monoisotopic (exact) mass is 130 g/mol. The highest BCUT2D eigenvalue weighted by Crippen LogP contribution is 1.89. The van der Waals surface area contributed by atoms with E-state index in [0.717, 1.165) is 6.54 Å². The zero-order valence-corrected chi connectivity index (χ0v) is 5.31. The lowest BCUT2D eigenvalue weighted by molar-refractivity contribution is -0.122. The molecule has 0 aliphatic carbocycles. The summed E-state index contributed by atoms with van der Waals surface area (Å²) in [4.78, 5) is 10.4. The first-order valence-corrected chi connectivity index (χ1v) is 2.91. The van der Waals surface area contributed by atoms with Gasteiger partial charge in [0.1, 0.15) is 0 Å². The topological polar surface area (TPSA) is 50.4 Å². The molecule has 0 saturated carbocycles. The van der Waals surface area contributed by atoms with Crippen LogP contribution in [0.25, 0.3) is 0 Å². The lowest BCUT2D eigenvalue weighted by Crippen LogP contribution is -2.41. The largest absolute Gasteiger partial charge is 0.344 e. The highest BCUT2D eigenvalue weighted by molar-refractivity contribution is 5.72. The second kappa shape index (κ2) is 2.80. The summed E-state index contributed by atoms with van der Waals surface area (Å²) in [7, 11) is 0. The number of carbonyl (C=O) groups excluding carboxylic acids is 1. The highest BCUT2D eigenvalue weighted by atomic mass is 16.5. The quantitative estimate of drug-likeness (QED) is 0.480. The molecule has 9 heavy (non-hydrogen) atoms. The minimum Gasteiger partial charge on any atom is -0.344 e. The summed E-state index contributed by atoms with van der Waals surface area (Å²) in [5.41, 5.74) is 0. The summed E-state index contributed by atoms with van der Waals surface area (Å²) in [6.07, 6.45) is -0.262. The van der Waals surface area contributed by atoms with Crippen molar-refractivity contribution >= 4 is 5.91 Å². The molecular formula is C5H10N2O2. The maximum atomic E-state index is 10.4. The maximum absolute atomic E-state index is 10.4. The standard InChI is InChI=1S/C5H10N2O2/c1-4(8)7-5-6-2-3-9-5/h5-6H,2-3H2,1H3,(H,7,8). The van der Waals surface area contributed by atoms with Gasteiger partial charge in [-0.25, -0.2) is 0 Å². The van der Waals surface area contributed by atoms with Crippen molar-refractivity contribution in [2.75, 3.05) is 13.2 Å².